The number of hydrogen-bond acceptors (Lipinski definition) is 0. The molecule has 2 heteroatoms. The van der Waals surface area contributed by atoms with E-state index in [0.717, 1.165) is 0 Å². The molecular weight excluding hydrogens is 220 g/mol. The van der Waals surface area contributed by atoms with Gasteiger partial charge in [-0.25, -0.2) is 0 Å². The summed E-state index contributed by atoms with van der Waals surface area (Å²) in [5.41, 5.74) is 4.92. The van der Waals surface area contributed by atoms with Crippen molar-refractivity contribution in [2.75, 3.05) is 0 Å². The van der Waals surface area contributed by atoms with Crippen LogP contribution >= 0.6 is 0 Å². The molecule has 0 aromatic carbocycles. The van der Waals surface area contributed by atoms with E-state index in [1.165, 1.54) is 22.2 Å². The third-order valence-electron chi connectivity index (χ3n) is 3.36. The zero-order valence-electron chi connectivity index (χ0n) is 9.75. The summed E-state index contributed by atoms with van der Waals surface area (Å²) in [6.45, 7) is 0. The smallest absolute Gasteiger partial charge is 0.0535 e. The molecule has 0 aliphatic carbocycles. The fourth-order valence-corrected chi connectivity index (χ4v) is 2.52. The molecule has 2 nitrogen and oxygen atoms in total. The Labute approximate surface area is 105 Å². The quantitative estimate of drug-likeness (QED) is 0.472. The van der Waals surface area contributed by atoms with Crippen LogP contribution in [0.2, 0.25) is 0 Å². The van der Waals surface area contributed by atoms with E-state index in [1.54, 1.807) is 0 Å². The summed E-state index contributed by atoms with van der Waals surface area (Å²) >= 11 is 0. The van der Waals surface area contributed by atoms with Crippen LogP contribution in [0.3, 0.4) is 0 Å². The Morgan fingerprint density at radius 3 is 2.44 bits per heavy atom. The average molecular weight is 231 g/mol. The minimum absolute atomic E-state index is 1.19. The molecule has 0 spiro atoms. The molecule has 1 radical (unpaired) electrons. The van der Waals surface area contributed by atoms with Gasteiger partial charge in [-0.3, -0.25) is 0 Å². The van der Waals surface area contributed by atoms with E-state index in [4.69, 9.17) is 0 Å². The van der Waals surface area contributed by atoms with Crippen LogP contribution in [0, 0.1) is 6.07 Å². The van der Waals surface area contributed by atoms with Crippen molar-refractivity contribution in [3.05, 3.63) is 73.3 Å². The first-order chi connectivity index (χ1) is 8.93. The highest BCUT2D eigenvalue weighted by Crippen LogP contribution is 2.29. The van der Waals surface area contributed by atoms with Crippen LogP contribution in [0.15, 0.2) is 67.3 Å². The lowest BCUT2D eigenvalue weighted by atomic mass is 10.1. The predicted octanol–water partition coefficient (Wildman–Crippen LogP) is 3.66. The maximum Gasteiger partial charge on any atom is 0.0535 e. The second-order valence-electron chi connectivity index (χ2n) is 4.37. The summed E-state index contributed by atoms with van der Waals surface area (Å²) < 4.78 is 4.27. The molecule has 0 N–H and O–H groups in total. The fourth-order valence-electron chi connectivity index (χ4n) is 2.52. The molecule has 0 fully saturated rings. The number of nitrogens with zero attached hydrogens (tertiary/aromatic N) is 2. The van der Waals surface area contributed by atoms with Gasteiger partial charge in [0.1, 0.15) is 0 Å². The van der Waals surface area contributed by atoms with Gasteiger partial charge in [0.15, 0.2) is 0 Å². The van der Waals surface area contributed by atoms with Crippen molar-refractivity contribution < 1.29 is 0 Å². The van der Waals surface area contributed by atoms with E-state index < -0.39 is 0 Å². The summed E-state index contributed by atoms with van der Waals surface area (Å²) in [4.78, 5) is 0. The van der Waals surface area contributed by atoms with Crippen LogP contribution in [0.1, 0.15) is 0 Å². The summed E-state index contributed by atoms with van der Waals surface area (Å²) in [5, 5.41) is 0. The summed E-state index contributed by atoms with van der Waals surface area (Å²) in [7, 11) is 0. The molecule has 0 unspecified atom stereocenters. The maximum absolute atomic E-state index is 3.15. The Balaban J connectivity index is 2.10. The minimum atomic E-state index is 1.19. The van der Waals surface area contributed by atoms with Crippen LogP contribution in [0.5, 0.6) is 0 Å². The van der Waals surface area contributed by atoms with Crippen molar-refractivity contribution in [1.29, 1.82) is 0 Å². The van der Waals surface area contributed by atoms with Crippen molar-refractivity contribution in [3.8, 4) is 11.1 Å². The monoisotopic (exact) mass is 231 g/mol. The van der Waals surface area contributed by atoms with Crippen molar-refractivity contribution in [2.45, 2.75) is 0 Å². The van der Waals surface area contributed by atoms with E-state index in [9.17, 15) is 0 Å². The van der Waals surface area contributed by atoms with Gasteiger partial charge in [-0.1, -0.05) is 6.07 Å². The summed E-state index contributed by atoms with van der Waals surface area (Å²) in [5.74, 6) is 0. The number of rotatable bonds is 1. The molecule has 0 saturated carbocycles. The first-order valence-corrected chi connectivity index (χ1v) is 5.96. The van der Waals surface area contributed by atoms with Gasteiger partial charge in [-0.05, 0) is 42.5 Å². The average Bonchev–Trinajstić information content (AvgIpc) is 3.05. The molecule has 4 aromatic heterocycles. The van der Waals surface area contributed by atoms with E-state index in [2.05, 4.69) is 63.8 Å². The van der Waals surface area contributed by atoms with Crippen LogP contribution < -0.4 is 0 Å². The molecule has 0 atom stereocenters. The van der Waals surface area contributed by atoms with E-state index in [-0.39, 0.29) is 0 Å². The number of pyridine rings is 2. The summed E-state index contributed by atoms with van der Waals surface area (Å²) in [6.07, 6.45) is 8.26. The minimum Gasteiger partial charge on any atom is -0.323 e. The van der Waals surface area contributed by atoms with Crippen LogP contribution in [-0.2, 0) is 0 Å². The molecule has 0 amide bonds. The fraction of sp³-hybridized carbons (Fsp3) is 0. The third-order valence-corrected chi connectivity index (χ3v) is 3.36. The zero-order chi connectivity index (χ0) is 11.9. The molecule has 0 aliphatic heterocycles. The molecule has 4 aromatic rings. The highest BCUT2D eigenvalue weighted by molar-refractivity contribution is 5.89. The third kappa shape index (κ3) is 1.23. The van der Waals surface area contributed by atoms with Gasteiger partial charge in [-0.15, -0.1) is 0 Å². The van der Waals surface area contributed by atoms with Gasteiger partial charge in [0, 0.05) is 35.9 Å². The molecule has 4 rings (SSSR count). The Kier molecular flexibility index (Phi) is 1.86. The van der Waals surface area contributed by atoms with E-state index in [0.29, 0.717) is 0 Å². The zero-order valence-corrected chi connectivity index (χ0v) is 9.75. The van der Waals surface area contributed by atoms with Gasteiger partial charge >= 0.3 is 0 Å². The normalized spacial score (nSPS) is 11.3. The van der Waals surface area contributed by atoms with Crippen LogP contribution in [0.4, 0.5) is 0 Å². The molecule has 18 heavy (non-hydrogen) atoms. The van der Waals surface area contributed by atoms with Crippen molar-refractivity contribution in [3.63, 3.8) is 0 Å². The van der Waals surface area contributed by atoms with Crippen LogP contribution in [0.25, 0.3) is 22.2 Å². The van der Waals surface area contributed by atoms with Crippen molar-refractivity contribution in [1.82, 2.24) is 8.80 Å². The van der Waals surface area contributed by atoms with Gasteiger partial charge in [-0.2, -0.15) is 0 Å². The largest absolute Gasteiger partial charge is 0.323 e. The molecule has 0 bridgehead atoms. The summed E-state index contributed by atoms with van der Waals surface area (Å²) in [6, 6.07) is 17.7. The molecule has 0 aliphatic rings. The van der Waals surface area contributed by atoms with E-state index >= 15 is 0 Å². The van der Waals surface area contributed by atoms with E-state index in [1.807, 2.05) is 18.3 Å². The highest BCUT2D eigenvalue weighted by atomic mass is 14.9. The van der Waals surface area contributed by atoms with Gasteiger partial charge in [0.25, 0.3) is 0 Å². The number of fused-ring (bicyclic) bond motifs is 2. The first kappa shape index (κ1) is 9.54. The van der Waals surface area contributed by atoms with Crippen LogP contribution in [-0.4, -0.2) is 8.80 Å². The molecule has 4 heterocycles. The predicted molar refractivity (Wildman–Crippen MR) is 72.6 cm³/mol. The maximum atomic E-state index is 3.15. The lowest BCUT2D eigenvalue weighted by molar-refractivity contribution is 1.19. The first-order valence-electron chi connectivity index (χ1n) is 5.96. The lowest BCUT2D eigenvalue weighted by Crippen LogP contribution is -1.86. The lowest BCUT2D eigenvalue weighted by Gasteiger charge is -2.04. The SMILES string of the molecule is [c]1ccn2ccc(-c3cccn4cccc34)c2c1. The van der Waals surface area contributed by atoms with Gasteiger partial charge < -0.3 is 8.80 Å². The van der Waals surface area contributed by atoms with Crippen molar-refractivity contribution >= 4 is 11.0 Å². The standard InChI is InChI=1S/C16H11N2/c1-2-9-18-12-8-14(15(18)6-1)13-5-3-10-17-11-4-7-16(13)17/h2-12H. The Bertz CT molecular complexity index is 836. The molecule has 85 valence electrons. The Morgan fingerprint density at radius 2 is 1.50 bits per heavy atom. The highest BCUT2D eigenvalue weighted by Gasteiger charge is 2.07. The number of aromatic nitrogens is 2. The molecular formula is C16H11N2. The Morgan fingerprint density at radius 1 is 0.722 bits per heavy atom. The van der Waals surface area contributed by atoms with Crippen molar-refractivity contribution in [2.24, 2.45) is 0 Å². The second-order valence-corrected chi connectivity index (χ2v) is 4.37. The molecule has 0 saturated heterocycles. The van der Waals surface area contributed by atoms with Gasteiger partial charge in [0.2, 0.25) is 0 Å². The number of hydrogen-bond donors (Lipinski definition) is 0. The topological polar surface area (TPSA) is 8.82 Å². The van der Waals surface area contributed by atoms with Gasteiger partial charge in [0.05, 0.1) is 11.0 Å². The Hall–Kier alpha value is -2.48. The second kappa shape index (κ2) is 3.50.